The maximum absolute atomic E-state index is 12.2. The van der Waals surface area contributed by atoms with Gasteiger partial charge in [0.2, 0.25) is 0 Å². The summed E-state index contributed by atoms with van der Waals surface area (Å²) in [5.41, 5.74) is 1.74. The molecule has 0 radical (unpaired) electrons. The van der Waals surface area contributed by atoms with Gasteiger partial charge in [0.05, 0.1) is 16.2 Å². The molecule has 0 aliphatic rings. The highest BCUT2D eigenvalue weighted by Gasteiger charge is 2.19. The lowest BCUT2D eigenvalue weighted by atomic mass is 10.1. The number of nitro benzene ring substituents is 1. The van der Waals surface area contributed by atoms with Crippen LogP contribution < -0.4 is 4.90 Å². The summed E-state index contributed by atoms with van der Waals surface area (Å²) < 4.78 is 7.05. The molecule has 2 heterocycles. The van der Waals surface area contributed by atoms with Gasteiger partial charge in [-0.15, -0.1) is 0 Å². The molecule has 1 aromatic carbocycles. The summed E-state index contributed by atoms with van der Waals surface area (Å²) in [7, 11) is 3.40. The van der Waals surface area contributed by atoms with E-state index in [2.05, 4.69) is 4.98 Å². The number of aromatic nitrogens is 2. The molecule has 0 bridgehead atoms. The number of benzene rings is 1. The van der Waals surface area contributed by atoms with E-state index in [0.717, 1.165) is 5.65 Å². The summed E-state index contributed by atoms with van der Waals surface area (Å²) in [4.78, 5) is 28.8. The average Bonchev–Trinajstić information content (AvgIpc) is 3.01. The SMILES string of the molecule is CN(C)c1ccc(C(=O)OCc2cn3ccccc3n2)cc1[N+](=O)[O-]. The van der Waals surface area contributed by atoms with Gasteiger partial charge in [-0.2, -0.15) is 0 Å². The molecule has 2 aromatic heterocycles. The van der Waals surface area contributed by atoms with Gasteiger partial charge in [0.1, 0.15) is 17.9 Å². The van der Waals surface area contributed by atoms with Gasteiger partial charge in [0, 0.05) is 32.6 Å². The third-order valence-electron chi connectivity index (χ3n) is 3.65. The van der Waals surface area contributed by atoms with E-state index in [1.54, 1.807) is 25.2 Å². The number of nitrogens with zero attached hydrogens (tertiary/aromatic N) is 4. The van der Waals surface area contributed by atoms with E-state index < -0.39 is 10.9 Å². The minimum atomic E-state index is -0.634. The molecule has 0 N–H and O–H groups in total. The Bertz CT molecular complexity index is 916. The van der Waals surface area contributed by atoms with Crippen molar-refractivity contribution in [3.63, 3.8) is 0 Å². The number of fused-ring (bicyclic) bond motifs is 1. The molecule has 0 unspecified atom stereocenters. The summed E-state index contributed by atoms with van der Waals surface area (Å²) in [5.74, 6) is -0.634. The zero-order valence-corrected chi connectivity index (χ0v) is 13.7. The first kappa shape index (κ1) is 16.4. The number of carbonyl (C=O) groups excluding carboxylic acids is 1. The van der Waals surface area contributed by atoms with Gasteiger partial charge < -0.3 is 14.0 Å². The second-order valence-electron chi connectivity index (χ2n) is 5.63. The Morgan fingerprint density at radius 3 is 2.80 bits per heavy atom. The number of imidazole rings is 1. The van der Waals surface area contributed by atoms with Gasteiger partial charge in [0.25, 0.3) is 5.69 Å². The lowest BCUT2D eigenvalue weighted by molar-refractivity contribution is -0.384. The fraction of sp³-hybridized carbons (Fsp3) is 0.176. The third kappa shape index (κ3) is 3.42. The number of carbonyl (C=O) groups is 1. The smallest absolute Gasteiger partial charge is 0.338 e. The molecule has 128 valence electrons. The third-order valence-corrected chi connectivity index (χ3v) is 3.65. The molecule has 0 spiro atoms. The molecule has 3 rings (SSSR count). The van der Waals surface area contributed by atoms with Crippen LogP contribution in [0.4, 0.5) is 11.4 Å². The van der Waals surface area contributed by atoms with Crippen molar-refractivity contribution in [2.75, 3.05) is 19.0 Å². The maximum atomic E-state index is 12.2. The summed E-state index contributed by atoms with van der Waals surface area (Å²) in [6.07, 6.45) is 3.61. The Kier molecular flexibility index (Phi) is 4.34. The topological polar surface area (TPSA) is 90.0 Å². The van der Waals surface area contributed by atoms with Crippen LogP contribution in [-0.2, 0) is 11.3 Å². The zero-order chi connectivity index (χ0) is 18.0. The second kappa shape index (κ2) is 6.60. The fourth-order valence-corrected chi connectivity index (χ4v) is 2.45. The number of hydrogen-bond acceptors (Lipinski definition) is 6. The van der Waals surface area contributed by atoms with Crippen molar-refractivity contribution < 1.29 is 14.5 Å². The second-order valence-corrected chi connectivity index (χ2v) is 5.63. The van der Waals surface area contributed by atoms with Gasteiger partial charge in [-0.05, 0) is 24.3 Å². The molecule has 25 heavy (non-hydrogen) atoms. The van der Waals surface area contributed by atoms with E-state index in [9.17, 15) is 14.9 Å². The highest BCUT2D eigenvalue weighted by Crippen LogP contribution is 2.28. The van der Waals surface area contributed by atoms with Gasteiger partial charge in [-0.25, -0.2) is 9.78 Å². The minimum absolute atomic E-state index is 0.0102. The van der Waals surface area contributed by atoms with Gasteiger partial charge in [-0.3, -0.25) is 10.1 Å². The standard InChI is InChI=1S/C17H16N4O4/c1-19(2)14-7-6-12(9-15(14)21(23)24)17(22)25-11-13-10-20-8-4-3-5-16(20)18-13/h3-10H,11H2,1-2H3. The van der Waals surface area contributed by atoms with Crippen LogP contribution in [-0.4, -0.2) is 34.4 Å². The molecular weight excluding hydrogens is 324 g/mol. The van der Waals surface area contributed by atoms with E-state index in [0.29, 0.717) is 11.4 Å². The quantitative estimate of drug-likeness (QED) is 0.403. The highest BCUT2D eigenvalue weighted by atomic mass is 16.6. The summed E-state index contributed by atoms with van der Waals surface area (Å²) in [6.45, 7) is -0.0102. The van der Waals surface area contributed by atoms with Crippen LogP contribution in [0.1, 0.15) is 16.1 Å². The lowest BCUT2D eigenvalue weighted by Crippen LogP contribution is -2.12. The van der Waals surface area contributed by atoms with E-state index in [-0.39, 0.29) is 17.9 Å². The predicted molar refractivity (Wildman–Crippen MR) is 91.7 cm³/mol. The Balaban J connectivity index is 1.76. The van der Waals surface area contributed by atoms with Crippen molar-refractivity contribution in [2.24, 2.45) is 0 Å². The first-order valence-corrected chi connectivity index (χ1v) is 7.51. The molecular formula is C17H16N4O4. The number of esters is 1. The monoisotopic (exact) mass is 340 g/mol. The van der Waals surface area contributed by atoms with Crippen molar-refractivity contribution in [3.8, 4) is 0 Å². The van der Waals surface area contributed by atoms with Crippen molar-refractivity contribution in [1.82, 2.24) is 9.38 Å². The largest absolute Gasteiger partial charge is 0.456 e. The lowest BCUT2D eigenvalue weighted by Gasteiger charge is -2.13. The normalized spacial score (nSPS) is 10.6. The fourth-order valence-electron chi connectivity index (χ4n) is 2.45. The molecule has 8 nitrogen and oxygen atoms in total. The number of pyridine rings is 1. The number of ether oxygens (including phenoxy) is 1. The molecule has 0 atom stereocenters. The Morgan fingerprint density at radius 1 is 1.32 bits per heavy atom. The van der Waals surface area contributed by atoms with E-state index in [1.807, 2.05) is 28.8 Å². The first-order chi connectivity index (χ1) is 12.0. The molecule has 0 saturated carbocycles. The van der Waals surface area contributed by atoms with Crippen LogP contribution in [0.25, 0.3) is 5.65 Å². The molecule has 0 aliphatic heterocycles. The Morgan fingerprint density at radius 2 is 2.12 bits per heavy atom. The zero-order valence-electron chi connectivity index (χ0n) is 13.7. The van der Waals surface area contributed by atoms with Crippen LogP contribution in [0.2, 0.25) is 0 Å². The molecule has 8 heteroatoms. The first-order valence-electron chi connectivity index (χ1n) is 7.51. The Labute approximate surface area is 143 Å². The van der Waals surface area contributed by atoms with Crippen molar-refractivity contribution in [2.45, 2.75) is 6.61 Å². The number of anilines is 1. The molecule has 0 aliphatic carbocycles. The van der Waals surface area contributed by atoms with E-state index in [1.165, 1.54) is 18.2 Å². The number of hydrogen-bond donors (Lipinski definition) is 0. The van der Waals surface area contributed by atoms with Crippen LogP contribution in [0.3, 0.4) is 0 Å². The van der Waals surface area contributed by atoms with Crippen molar-refractivity contribution >= 4 is 23.0 Å². The highest BCUT2D eigenvalue weighted by molar-refractivity contribution is 5.91. The summed E-state index contributed by atoms with van der Waals surface area (Å²) in [5, 5.41) is 11.2. The molecule has 0 fully saturated rings. The van der Waals surface area contributed by atoms with Gasteiger partial charge >= 0.3 is 5.97 Å². The van der Waals surface area contributed by atoms with Gasteiger partial charge in [0.15, 0.2) is 0 Å². The summed E-state index contributed by atoms with van der Waals surface area (Å²) >= 11 is 0. The van der Waals surface area contributed by atoms with Crippen LogP contribution in [0.5, 0.6) is 0 Å². The van der Waals surface area contributed by atoms with E-state index in [4.69, 9.17) is 4.74 Å². The maximum Gasteiger partial charge on any atom is 0.338 e. The number of nitro groups is 1. The van der Waals surface area contributed by atoms with Crippen molar-refractivity contribution in [3.05, 3.63) is 70.2 Å². The predicted octanol–water partition coefficient (Wildman–Crippen LogP) is 2.67. The van der Waals surface area contributed by atoms with E-state index >= 15 is 0 Å². The molecule has 3 aromatic rings. The number of rotatable bonds is 5. The van der Waals surface area contributed by atoms with Crippen LogP contribution >= 0.6 is 0 Å². The average molecular weight is 340 g/mol. The molecule has 0 amide bonds. The van der Waals surface area contributed by atoms with Crippen molar-refractivity contribution in [1.29, 1.82) is 0 Å². The minimum Gasteiger partial charge on any atom is -0.456 e. The molecule has 0 saturated heterocycles. The van der Waals surface area contributed by atoms with Gasteiger partial charge in [-0.1, -0.05) is 6.07 Å². The Hall–Kier alpha value is -3.42. The van der Waals surface area contributed by atoms with Crippen LogP contribution in [0, 0.1) is 10.1 Å². The summed E-state index contributed by atoms with van der Waals surface area (Å²) in [6, 6.07) is 9.84. The van der Waals surface area contributed by atoms with Crippen LogP contribution in [0.15, 0.2) is 48.8 Å².